The van der Waals surface area contributed by atoms with Crippen LogP contribution in [0.3, 0.4) is 0 Å². The molecule has 0 aromatic heterocycles. The summed E-state index contributed by atoms with van der Waals surface area (Å²) in [5, 5.41) is 13.8. The molecule has 0 radical (unpaired) electrons. The molecule has 0 spiro atoms. The Labute approximate surface area is 189 Å². The van der Waals surface area contributed by atoms with E-state index in [-0.39, 0.29) is 22.9 Å². The molecule has 0 unspecified atom stereocenters. The van der Waals surface area contributed by atoms with E-state index in [0.29, 0.717) is 28.3 Å². The van der Waals surface area contributed by atoms with E-state index in [1.54, 1.807) is 24.3 Å². The van der Waals surface area contributed by atoms with Crippen LogP contribution in [0.15, 0.2) is 41.1 Å². The lowest BCUT2D eigenvalue weighted by Crippen LogP contribution is -2.50. The van der Waals surface area contributed by atoms with E-state index in [2.05, 4.69) is 25.1 Å². The van der Waals surface area contributed by atoms with Crippen molar-refractivity contribution >= 4 is 23.3 Å². The summed E-state index contributed by atoms with van der Waals surface area (Å²) in [6, 6.07) is 6.92. The number of fused-ring (bicyclic) bond motifs is 5. The Morgan fingerprint density at radius 1 is 1.10 bits per heavy atom. The summed E-state index contributed by atoms with van der Waals surface area (Å²) in [4.78, 5) is 12.6. The average Bonchev–Trinajstić information content (AvgIpc) is 3.10. The van der Waals surface area contributed by atoms with Gasteiger partial charge in [-0.2, -0.15) is 0 Å². The number of carbonyl (C=O) groups excluding carboxylic acids is 1. The van der Waals surface area contributed by atoms with Crippen molar-refractivity contribution < 1.29 is 14.7 Å². The van der Waals surface area contributed by atoms with Crippen LogP contribution in [0.25, 0.3) is 0 Å². The van der Waals surface area contributed by atoms with E-state index in [1.807, 2.05) is 0 Å². The molecule has 6 atom stereocenters. The summed E-state index contributed by atoms with van der Waals surface area (Å²) in [6.45, 7) is 4.77. The van der Waals surface area contributed by atoms with E-state index in [4.69, 9.17) is 16.3 Å². The number of rotatable bonds is 2. The smallest absolute Gasteiger partial charge is 0.338 e. The number of ether oxygens (including phenoxy) is 1. The highest BCUT2D eigenvalue weighted by Gasteiger charge is 2.58. The number of carbonyl (C=O) groups is 1. The van der Waals surface area contributed by atoms with E-state index in [1.165, 1.54) is 12.0 Å². The SMILES string of the molecule is C[C@]12CC[C@H](OC(=O)c3ccc(Cl)cc3)CC1=CC[C@@H]1[C@@H]2CC[C@]2(C)/C(=N\O)CC[C@@H]12. The maximum atomic E-state index is 12.6. The van der Waals surface area contributed by atoms with Crippen molar-refractivity contribution in [1.82, 2.24) is 0 Å². The predicted octanol–water partition coefficient (Wildman–Crippen LogP) is 6.66. The molecule has 0 aliphatic heterocycles. The van der Waals surface area contributed by atoms with Gasteiger partial charge >= 0.3 is 5.97 Å². The van der Waals surface area contributed by atoms with E-state index >= 15 is 0 Å². The third-order valence-corrected chi connectivity index (χ3v) is 9.53. The number of halogens is 1. The molecule has 0 amide bonds. The van der Waals surface area contributed by atoms with Gasteiger partial charge in [0.05, 0.1) is 11.3 Å². The second kappa shape index (κ2) is 7.65. The third-order valence-electron chi connectivity index (χ3n) is 9.27. The number of benzene rings is 1. The summed E-state index contributed by atoms with van der Waals surface area (Å²) >= 11 is 5.94. The van der Waals surface area contributed by atoms with Gasteiger partial charge in [0.1, 0.15) is 6.10 Å². The van der Waals surface area contributed by atoms with Crippen LogP contribution in [-0.2, 0) is 4.74 Å². The molecule has 4 aliphatic carbocycles. The molecule has 3 fully saturated rings. The number of hydrogen-bond acceptors (Lipinski definition) is 4. The van der Waals surface area contributed by atoms with Gasteiger partial charge in [0.2, 0.25) is 0 Å². The standard InChI is InChI=1S/C26H32ClNO3/c1-25-13-11-19(31-24(29)16-3-6-18(27)7-4-16)15-17(25)5-8-20-21-9-10-23(28-30)26(21,2)14-12-22(20)25/h3-7,19-22,30H,8-15H2,1-2H3/b28-23-/t19-,20-,21-,22-,25-,26-/m0/s1. The molecule has 1 aromatic rings. The molecule has 31 heavy (non-hydrogen) atoms. The van der Waals surface area contributed by atoms with Crippen molar-refractivity contribution in [3.05, 3.63) is 46.5 Å². The number of hydrogen-bond donors (Lipinski definition) is 1. The van der Waals surface area contributed by atoms with Crippen molar-refractivity contribution in [1.29, 1.82) is 0 Å². The summed E-state index contributed by atoms with van der Waals surface area (Å²) in [5.41, 5.74) is 3.35. The molecule has 5 rings (SSSR count). The largest absolute Gasteiger partial charge is 0.458 e. The van der Waals surface area contributed by atoms with Gasteiger partial charge in [0.15, 0.2) is 0 Å². The van der Waals surface area contributed by atoms with Gasteiger partial charge < -0.3 is 9.94 Å². The molecular formula is C26H32ClNO3. The van der Waals surface area contributed by atoms with Crippen molar-refractivity contribution in [2.75, 3.05) is 0 Å². The quantitative estimate of drug-likeness (QED) is 0.241. The highest BCUT2D eigenvalue weighted by atomic mass is 35.5. The molecular weight excluding hydrogens is 410 g/mol. The first kappa shape index (κ1) is 21.1. The fourth-order valence-electron chi connectivity index (χ4n) is 7.49. The van der Waals surface area contributed by atoms with Gasteiger partial charge in [-0.15, -0.1) is 0 Å². The first-order chi connectivity index (χ1) is 14.8. The number of allylic oxidation sites excluding steroid dienone is 1. The molecule has 4 aliphatic rings. The molecule has 0 heterocycles. The van der Waals surface area contributed by atoms with Gasteiger partial charge in [0.25, 0.3) is 0 Å². The zero-order chi connectivity index (χ0) is 21.8. The van der Waals surface area contributed by atoms with Gasteiger partial charge in [-0.3, -0.25) is 0 Å². The molecule has 1 N–H and O–H groups in total. The third kappa shape index (κ3) is 3.33. The molecule has 3 saturated carbocycles. The molecule has 166 valence electrons. The number of oxime groups is 1. The zero-order valence-corrected chi connectivity index (χ0v) is 19.2. The van der Waals surface area contributed by atoms with Crippen LogP contribution >= 0.6 is 11.6 Å². The first-order valence-electron chi connectivity index (χ1n) is 11.7. The minimum atomic E-state index is -0.255. The minimum Gasteiger partial charge on any atom is -0.458 e. The van der Waals surface area contributed by atoms with Crippen LogP contribution in [0.5, 0.6) is 0 Å². The van der Waals surface area contributed by atoms with Crippen LogP contribution in [0, 0.1) is 28.6 Å². The van der Waals surface area contributed by atoms with Crippen LogP contribution in [0.4, 0.5) is 0 Å². The van der Waals surface area contributed by atoms with Crippen molar-refractivity contribution in [3.63, 3.8) is 0 Å². The predicted molar refractivity (Wildman–Crippen MR) is 122 cm³/mol. The Balaban J connectivity index is 1.32. The van der Waals surface area contributed by atoms with Gasteiger partial charge in [-0.25, -0.2) is 4.79 Å². The number of esters is 1. The average molecular weight is 442 g/mol. The lowest BCUT2D eigenvalue weighted by atomic mass is 9.48. The molecule has 0 saturated heterocycles. The monoisotopic (exact) mass is 441 g/mol. The van der Waals surface area contributed by atoms with E-state index in [9.17, 15) is 10.0 Å². The summed E-state index contributed by atoms with van der Waals surface area (Å²) in [7, 11) is 0. The van der Waals surface area contributed by atoms with Crippen LogP contribution in [0.1, 0.15) is 75.6 Å². The van der Waals surface area contributed by atoms with E-state index < -0.39 is 0 Å². The van der Waals surface area contributed by atoms with Crippen LogP contribution in [-0.4, -0.2) is 23.0 Å². The normalized spacial score (nSPS) is 40.5. The lowest BCUT2D eigenvalue weighted by Gasteiger charge is -2.57. The Kier molecular flexibility index (Phi) is 5.20. The van der Waals surface area contributed by atoms with Crippen molar-refractivity contribution in [2.24, 2.45) is 33.7 Å². The fraction of sp³-hybridized carbons (Fsp3) is 0.615. The van der Waals surface area contributed by atoms with Crippen LogP contribution < -0.4 is 0 Å². The highest BCUT2D eigenvalue weighted by molar-refractivity contribution is 6.30. The Morgan fingerprint density at radius 3 is 2.55 bits per heavy atom. The van der Waals surface area contributed by atoms with Gasteiger partial charge in [-0.1, -0.05) is 42.3 Å². The molecule has 4 nitrogen and oxygen atoms in total. The molecule has 5 heteroatoms. The van der Waals surface area contributed by atoms with Gasteiger partial charge in [0, 0.05) is 16.9 Å². The maximum Gasteiger partial charge on any atom is 0.338 e. The second-order valence-electron chi connectivity index (χ2n) is 10.6. The highest BCUT2D eigenvalue weighted by Crippen LogP contribution is 2.64. The Bertz CT molecular complexity index is 938. The number of nitrogens with zero attached hydrogens (tertiary/aromatic N) is 1. The van der Waals surface area contributed by atoms with Crippen LogP contribution in [0.2, 0.25) is 5.02 Å². The fourth-order valence-corrected chi connectivity index (χ4v) is 7.61. The topological polar surface area (TPSA) is 58.9 Å². The maximum absolute atomic E-state index is 12.6. The Morgan fingerprint density at radius 2 is 1.81 bits per heavy atom. The lowest BCUT2D eigenvalue weighted by molar-refractivity contribution is -0.0287. The van der Waals surface area contributed by atoms with Gasteiger partial charge in [-0.05, 0) is 92.4 Å². The molecule has 1 aromatic carbocycles. The minimum absolute atomic E-state index is 0.0486. The summed E-state index contributed by atoms with van der Waals surface area (Å²) in [5.74, 6) is 1.71. The first-order valence-corrected chi connectivity index (χ1v) is 12.1. The van der Waals surface area contributed by atoms with Crippen molar-refractivity contribution in [2.45, 2.75) is 71.3 Å². The van der Waals surface area contributed by atoms with Crippen molar-refractivity contribution in [3.8, 4) is 0 Å². The zero-order valence-electron chi connectivity index (χ0n) is 18.4. The second-order valence-corrected chi connectivity index (χ2v) is 11.0. The molecule has 0 bridgehead atoms. The summed E-state index contributed by atoms with van der Waals surface area (Å²) < 4.78 is 5.89. The summed E-state index contributed by atoms with van der Waals surface area (Å²) in [6.07, 6.45) is 10.8. The van der Waals surface area contributed by atoms with E-state index in [0.717, 1.165) is 50.7 Å². The Hall–Kier alpha value is -1.81.